The molecule has 0 aromatic rings. The number of carbonyl (C=O) groups is 1. The van der Waals surface area contributed by atoms with Gasteiger partial charge < -0.3 is 5.11 Å². The van der Waals surface area contributed by atoms with Crippen LogP contribution in [0, 0.1) is 5.92 Å². The summed E-state index contributed by atoms with van der Waals surface area (Å²) in [6.45, 7) is 0.518. The van der Waals surface area contributed by atoms with E-state index >= 15 is 0 Å². The van der Waals surface area contributed by atoms with Gasteiger partial charge >= 0.3 is 5.97 Å². The maximum atomic E-state index is 11.8. The summed E-state index contributed by atoms with van der Waals surface area (Å²) in [5.41, 5.74) is 0. The molecule has 0 amide bonds. The third-order valence-electron chi connectivity index (χ3n) is 3.14. The molecule has 0 saturated carbocycles. The molecule has 0 spiro atoms. The van der Waals surface area contributed by atoms with E-state index in [0.29, 0.717) is 19.4 Å². The van der Waals surface area contributed by atoms with Gasteiger partial charge in [0.05, 0.1) is 11.7 Å². The van der Waals surface area contributed by atoms with Crippen LogP contribution in [0.15, 0.2) is 12.2 Å². The van der Waals surface area contributed by atoms with Gasteiger partial charge in [-0.15, -0.1) is 0 Å². The summed E-state index contributed by atoms with van der Waals surface area (Å²) < 4.78 is 25.0. The highest BCUT2D eigenvalue weighted by Crippen LogP contribution is 2.27. The lowest BCUT2D eigenvalue weighted by Gasteiger charge is -2.30. The third kappa shape index (κ3) is 2.12. The Morgan fingerprint density at radius 3 is 2.62 bits per heavy atom. The lowest BCUT2D eigenvalue weighted by molar-refractivity contribution is -0.140. The first kappa shape index (κ1) is 11.6. The minimum atomic E-state index is -3.17. The van der Waals surface area contributed by atoms with Crippen LogP contribution in [0.3, 0.4) is 0 Å². The molecule has 1 fully saturated rings. The van der Waals surface area contributed by atoms with Crippen LogP contribution < -0.4 is 0 Å². The molecule has 0 radical (unpaired) electrons. The number of carboxylic acids is 1. The van der Waals surface area contributed by atoms with Crippen LogP contribution in [-0.2, 0) is 14.8 Å². The van der Waals surface area contributed by atoms with Crippen molar-refractivity contribution in [2.24, 2.45) is 5.92 Å². The number of carboxylic acid groups (broad SMARTS) is 1. The van der Waals surface area contributed by atoms with Crippen molar-refractivity contribution >= 4 is 16.0 Å². The second-order valence-electron chi connectivity index (χ2n) is 4.27. The van der Waals surface area contributed by atoms with Crippen molar-refractivity contribution in [1.29, 1.82) is 0 Å². The maximum Gasteiger partial charge on any atom is 0.310 e. The lowest BCUT2D eigenvalue weighted by atomic mass is 10.1. The van der Waals surface area contributed by atoms with E-state index in [0.717, 1.165) is 6.42 Å². The molecular weight excluding hydrogens is 230 g/mol. The first-order valence-corrected chi connectivity index (χ1v) is 7.02. The third-order valence-corrected chi connectivity index (χ3v) is 5.11. The van der Waals surface area contributed by atoms with Crippen LogP contribution in [0.1, 0.15) is 19.3 Å². The number of aliphatic carboxylic acids is 1. The fourth-order valence-electron chi connectivity index (χ4n) is 2.26. The Balaban J connectivity index is 2.10. The molecule has 0 aromatic carbocycles. The minimum absolute atomic E-state index is 0.190. The predicted octanol–water partition coefficient (Wildman–Crippen LogP) is 0.441. The fourth-order valence-corrected chi connectivity index (χ4v) is 4.04. The Hall–Kier alpha value is -0.880. The highest BCUT2D eigenvalue weighted by molar-refractivity contribution is 7.89. The largest absolute Gasteiger partial charge is 0.481 e. The molecule has 2 rings (SSSR count). The van der Waals surface area contributed by atoms with Crippen LogP contribution in [0.25, 0.3) is 0 Å². The summed E-state index contributed by atoms with van der Waals surface area (Å²) >= 11 is 0. The molecular formula is C10H15NO4S. The normalized spacial score (nSPS) is 34.0. The summed E-state index contributed by atoms with van der Waals surface area (Å²) in [4.78, 5) is 10.8. The molecule has 0 bridgehead atoms. The molecule has 1 aliphatic carbocycles. The van der Waals surface area contributed by atoms with Crippen molar-refractivity contribution < 1.29 is 18.3 Å². The second kappa shape index (κ2) is 4.18. The zero-order valence-corrected chi connectivity index (χ0v) is 9.69. The molecule has 1 N–H and O–H groups in total. The Morgan fingerprint density at radius 1 is 1.31 bits per heavy atom. The number of nitrogens with zero attached hydrogens (tertiary/aromatic N) is 1. The Morgan fingerprint density at radius 2 is 2.06 bits per heavy atom. The molecule has 2 aliphatic rings. The standard InChI is InChI=1S/C10H15NO4S/c12-10(13)8-3-4-9(7-8)11-5-1-2-6-16(11,14)15/h3-4,8-9H,1-2,5-7H2,(H,12,13). The van der Waals surface area contributed by atoms with Crippen LogP contribution in [-0.4, -0.2) is 42.1 Å². The van der Waals surface area contributed by atoms with E-state index in [4.69, 9.17) is 5.11 Å². The van der Waals surface area contributed by atoms with Crippen molar-refractivity contribution in [3.8, 4) is 0 Å². The maximum absolute atomic E-state index is 11.8. The van der Waals surface area contributed by atoms with Crippen LogP contribution in [0.4, 0.5) is 0 Å². The highest BCUT2D eigenvalue weighted by Gasteiger charge is 2.35. The van der Waals surface area contributed by atoms with Crippen LogP contribution in [0.5, 0.6) is 0 Å². The van der Waals surface area contributed by atoms with Crippen molar-refractivity contribution in [1.82, 2.24) is 4.31 Å². The van der Waals surface area contributed by atoms with Crippen molar-refractivity contribution in [2.75, 3.05) is 12.3 Å². The quantitative estimate of drug-likeness (QED) is 0.716. The monoisotopic (exact) mass is 245 g/mol. The predicted molar refractivity (Wildman–Crippen MR) is 58.4 cm³/mol. The van der Waals surface area contributed by atoms with Gasteiger partial charge in [-0.05, 0) is 19.3 Å². The first-order chi connectivity index (χ1) is 7.50. The molecule has 2 atom stereocenters. The zero-order chi connectivity index (χ0) is 11.8. The molecule has 90 valence electrons. The summed E-state index contributed by atoms with van der Waals surface area (Å²) in [5.74, 6) is -1.23. The number of hydrogen-bond acceptors (Lipinski definition) is 3. The van der Waals surface area contributed by atoms with E-state index in [9.17, 15) is 13.2 Å². The van der Waals surface area contributed by atoms with E-state index in [2.05, 4.69) is 0 Å². The van der Waals surface area contributed by atoms with Crippen molar-refractivity contribution in [3.63, 3.8) is 0 Å². The van der Waals surface area contributed by atoms with Gasteiger partial charge in [0, 0.05) is 12.6 Å². The molecule has 1 aliphatic heterocycles. The Bertz CT molecular complexity index is 415. The Kier molecular flexibility index (Phi) is 3.03. The van der Waals surface area contributed by atoms with E-state index in [1.807, 2.05) is 0 Å². The van der Waals surface area contributed by atoms with Gasteiger partial charge in [-0.3, -0.25) is 4.79 Å². The van der Waals surface area contributed by atoms with Crippen molar-refractivity contribution in [2.45, 2.75) is 25.3 Å². The molecule has 1 saturated heterocycles. The summed E-state index contributed by atoms with van der Waals surface area (Å²) in [5, 5.41) is 8.84. The number of rotatable bonds is 2. The molecule has 5 nitrogen and oxygen atoms in total. The first-order valence-electron chi connectivity index (χ1n) is 5.41. The zero-order valence-electron chi connectivity index (χ0n) is 8.87. The van der Waals surface area contributed by atoms with Gasteiger partial charge in [0.2, 0.25) is 10.0 Å². The molecule has 16 heavy (non-hydrogen) atoms. The topological polar surface area (TPSA) is 74.7 Å². The highest BCUT2D eigenvalue weighted by atomic mass is 32.2. The smallest absolute Gasteiger partial charge is 0.310 e. The molecule has 1 heterocycles. The number of hydrogen-bond donors (Lipinski definition) is 1. The van der Waals surface area contributed by atoms with Gasteiger partial charge in [-0.2, -0.15) is 4.31 Å². The average Bonchev–Trinajstić information content (AvgIpc) is 2.65. The SMILES string of the molecule is O=C(O)C1C=CC(N2CCCCS2(=O)=O)C1. The fraction of sp³-hybridized carbons (Fsp3) is 0.700. The van der Waals surface area contributed by atoms with Gasteiger partial charge in [0.1, 0.15) is 0 Å². The van der Waals surface area contributed by atoms with Gasteiger partial charge in [-0.25, -0.2) is 8.42 Å². The molecule has 2 unspecified atom stereocenters. The lowest BCUT2D eigenvalue weighted by Crippen LogP contribution is -2.43. The summed E-state index contributed by atoms with van der Waals surface area (Å²) in [6.07, 6.45) is 5.24. The van der Waals surface area contributed by atoms with Crippen molar-refractivity contribution in [3.05, 3.63) is 12.2 Å². The minimum Gasteiger partial charge on any atom is -0.481 e. The van der Waals surface area contributed by atoms with Crippen LogP contribution in [0.2, 0.25) is 0 Å². The van der Waals surface area contributed by atoms with E-state index in [-0.39, 0.29) is 11.8 Å². The van der Waals surface area contributed by atoms with E-state index in [1.54, 1.807) is 12.2 Å². The second-order valence-corrected chi connectivity index (χ2v) is 6.31. The van der Waals surface area contributed by atoms with E-state index < -0.39 is 21.9 Å². The van der Waals surface area contributed by atoms with Gasteiger partial charge in [-0.1, -0.05) is 12.2 Å². The van der Waals surface area contributed by atoms with Gasteiger partial charge in [0.25, 0.3) is 0 Å². The average molecular weight is 245 g/mol. The summed E-state index contributed by atoms with van der Waals surface area (Å²) in [7, 11) is -3.17. The van der Waals surface area contributed by atoms with E-state index in [1.165, 1.54) is 4.31 Å². The molecule has 6 heteroatoms. The number of sulfonamides is 1. The summed E-state index contributed by atoms with van der Waals surface area (Å²) in [6, 6.07) is -0.258. The Labute approximate surface area is 94.8 Å². The van der Waals surface area contributed by atoms with Crippen LogP contribution >= 0.6 is 0 Å². The van der Waals surface area contributed by atoms with Gasteiger partial charge in [0.15, 0.2) is 0 Å². The molecule has 0 aromatic heterocycles.